The summed E-state index contributed by atoms with van der Waals surface area (Å²) in [6.45, 7) is 5.45. The zero-order valence-corrected chi connectivity index (χ0v) is 24.6. The Labute approximate surface area is 254 Å². The third kappa shape index (κ3) is 7.55. The first-order chi connectivity index (χ1) is 20.3. The maximum absolute atomic E-state index is 13.7. The van der Waals surface area contributed by atoms with Gasteiger partial charge in [0, 0.05) is 30.0 Å². The van der Waals surface area contributed by atoms with Crippen LogP contribution >= 0.6 is 12.4 Å². The Morgan fingerprint density at radius 3 is 2.49 bits per heavy atom. The van der Waals surface area contributed by atoms with Crippen LogP contribution in [-0.4, -0.2) is 59.7 Å². The van der Waals surface area contributed by atoms with Gasteiger partial charge in [0.05, 0.1) is 18.6 Å². The second kappa shape index (κ2) is 14.9. The van der Waals surface area contributed by atoms with Crippen molar-refractivity contribution < 1.29 is 28.2 Å². The van der Waals surface area contributed by atoms with Gasteiger partial charge in [0.1, 0.15) is 29.2 Å². The van der Waals surface area contributed by atoms with Crippen LogP contribution in [0.2, 0.25) is 0 Å². The smallest absolute Gasteiger partial charge is 0.292 e. The maximum Gasteiger partial charge on any atom is 0.292 e. The normalized spacial score (nSPS) is 11.3. The summed E-state index contributed by atoms with van der Waals surface area (Å²) in [5.74, 6) is -2.00. The highest BCUT2D eigenvalue weighted by atomic mass is 35.5. The molecule has 0 saturated carbocycles. The van der Waals surface area contributed by atoms with Gasteiger partial charge in [0.15, 0.2) is 11.6 Å². The van der Waals surface area contributed by atoms with E-state index in [0.717, 1.165) is 12.1 Å². The van der Waals surface area contributed by atoms with Crippen LogP contribution in [0, 0.1) is 17.1 Å². The fourth-order valence-electron chi connectivity index (χ4n) is 4.57. The van der Waals surface area contributed by atoms with E-state index in [2.05, 4.69) is 21.7 Å². The molecule has 2 heterocycles. The number of benzene rings is 2. The third-order valence-corrected chi connectivity index (χ3v) is 6.67. The average Bonchev–Trinajstić information content (AvgIpc) is 3.52. The van der Waals surface area contributed by atoms with Gasteiger partial charge in [0.2, 0.25) is 5.91 Å². The summed E-state index contributed by atoms with van der Waals surface area (Å²) in [6, 6.07) is 16.4. The number of hydrogen-bond donors (Lipinski definition) is 3. The lowest BCUT2D eigenvalue weighted by atomic mass is 9.97. The zero-order chi connectivity index (χ0) is 30.2. The second-order valence-electron chi connectivity index (χ2n) is 9.25. The molecule has 0 aliphatic rings. The number of anilines is 2. The van der Waals surface area contributed by atoms with Gasteiger partial charge in [-0.1, -0.05) is 26.0 Å². The Morgan fingerprint density at radius 1 is 1.09 bits per heavy atom. The van der Waals surface area contributed by atoms with E-state index in [-0.39, 0.29) is 59.1 Å². The number of nitrogens with zero attached hydrogens (tertiary/aromatic N) is 3. The molecule has 43 heavy (non-hydrogen) atoms. The number of halogens is 2. The number of methoxy groups -OCH3 is 1. The van der Waals surface area contributed by atoms with Crippen molar-refractivity contribution in [3.05, 3.63) is 84.1 Å². The van der Waals surface area contributed by atoms with Crippen molar-refractivity contribution in [2.45, 2.75) is 19.9 Å². The first-order valence-corrected chi connectivity index (χ1v) is 13.2. The van der Waals surface area contributed by atoms with Gasteiger partial charge in [-0.05, 0) is 61.1 Å². The quantitative estimate of drug-likeness (QED) is 0.197. The fourth-order valence-corrected chi connectivity index (χ4v) is 4.57. The number of phenols is 1. The molecule has 0 saturated heterocycles. The highest BCUT2D eigenvalue weighted by Crippen LogP contribution is 2.36. The van der Waals surface area contributed by atoms with Crippen LogP contribution in [0.1, 0.15) is 30.0 Å². The van der Waals surface area contributed by atoms with E-state index in [0.29, 0.717) is 29.9 Å². The van der Waals surface area contributed by atoms with Gasteiger partial charge >= 0.3 is 0 Å². The summed E-state index contributed by atoms with van der Waals surface area (Å²) in [4.78, 5) is 32.5. The summed E-state index contributed by atoms with van der Waals surface area (Å²) >= 11 is 0. The number of aromatic nitrogens is 1. The number of nitriles is 1. The minimum absolute atomic E-state index is 0. The summed E-state index contributed by atoms with van der Waals surface area (Å²) in [7, 11) is 1.54. The van der Waals surface area contributed by atoms with Gasteiger partial charge in [-0.25, -0.2) is 9.37 Å². The molecule has 0 aliphatic heterocycles. The average molecular weight is 608 g/mol. The van der Waals surface area contributed by atoms with Crippen LogP contribution in [0.4, 0.5) is 15.9 Å². The topological polar surface area (TPSA) is 141 Å². The third-order valence-electron chi connectivity index (χ3n) is 6.67. The lowest BCUT2D eigenvalue weighted by Gasteiger charge is -2.28. The molecule has 4 rings (SSSR count). The van der Waals surface area contributed by atoms with Crippen molar-refractivity contribution in [3.8, 4) is 34.2 Å². The molecule has 0 aliphatic carbocycles. The van der Waals surface area contributed by atoms with Crippen LogP contribution in [0.25, 0.3) is 22.4 Å². The van der Waals surface area contributed by atoms with E-state index < -0.39 is 17.8 Å². The standard InChI is InChI=1S/C31H30FN5O5.ClH/c1-4-37(5-2)26(18-41-3)30(39)34-21-9-6-8-19(14-21)23-16-25(22-12-11-20(32)15-27(22)38)35-29(24(23)17-33)36-31(40)28-10-7-13-42-28;/h6-16,26,38H,4-5,18H2,1-3H3,(H,34,39)(H,35,36,40);1H/t26-;/m0./s1. The minimum atomic E-state index is -0.642. The van der Waals surface area contributed by atoms with Crippen LogP contribution in [0.15, 0.2) is 71.3 Å². The Kier molecular flexibility index (Phi) is 11.4. The van der Waals surface area contributed by atoms with E-state index in [1.807, 2.05) is 18.7 Å². The lowest BCUT2D eigenvalue weighted by molar-refractivity contribution is -0.123. The monoisotopic (exact) mass is 607 g/mol. The molecule has 2 aromatic carbocycles. The molecular formula is C31H31ClFN5O5. The van der Waals surface area contributed by atoms with E-state index in [9.17, 15) is 24.3 Å². The molecule has 224 valence electrons. The highest BCUT2D eigenvalue weighted by molar-refractivity contribution is 6.03. The molecule has 4 aromatic rings. The number of hydrogen-bond acceptors (Lipinski definition) is 8. The van der Waals surface area contributed by atoms with Gasteiger partial charge in [-0.3, -0.25) is 14.5 Å². The fraction of sp³-hybridized carbons (Fsp3) is 0.226. The molecule has 1 atom stereocenters. The molecule has 3 N–H and O–H groups in total. The van der Waals surface area contributed by atoms with Crippen LogP contribution in [-0.2, 0) is 9.53 Å². The molecular weight excluding hydrogens is 577 g/mol. The van der Waals surface area contributed by atoms with Crippen molar-refractivity contribution in [1.29, 1.82) is 5.26 Å². The molecule has 2 aromatic heterocycles. The molecule has 0 bridgehead atoms. The Morgan fingerprint density at radius 2 is 1.86 bits per heavy atom. The van der Waals surface area contributed by atoms with E-state index >= 15 is 0 Å². The minimum Gasteiger partial charge on any atom is -0.507 e. The molecule has 0 radical (unpaired) electrons. The number of pyridine rings is 1. The summed E-state index contributed by atoms with van der Waals surface area (Å²) in [5.41, 5.74) is 1.74. The Balaban J connectivity index is 0.00000506. The number of likely N-dealkylation sites (N-methyl/N-ethyl adjacent to an activating group) is 1. The summed E-state index contributed by atoms with van der Waals surface area (Å²) in [6.07, 6.45) is 1.34. The molecule has 0 unspecified atom stereocenters. The van der Waals surface area contributed by atoms with E-state index in [1.54, 1.807) is 36.4 Å². The van der Waals surface area contributed by atoms with Gasteiger partial charge in [0.25, 0.3) is 5.91 Å². The van der Waals surface area contributed by atoms with E-state index in [4.69, 9.17) is 9.15 Å². The first kappa shape index (κ1) is 32.8. The maximum atomic E-state index is 13.7. The molecule has 10 nitrogen and oxygen atoms in total. The van der Waals surface area contributed by atoms with Gasteiger partial charge in [-0.15, -0.1) is 12.4 Å². The number of rotatable bonds is 11. The number of phenolic OH excluding ortho intramolecular Hbond substituents is 1. The molecule has 2 amide bonds. The van der Waals surface area contributed by atoms with Crippen molar-refractivity contribution in [3.63, 3.8) is 0 Å². The molecule has 12 heteroatoms. The SMILES string of the molecule is CCN(CC)[C@@H](COC)C(=O)Nc1cccc(-c2cc(-c3ccc(F)cc3O)nc(NC(=O)c3ccco3)c2C#N)c1.Cl. The Hall–Kier alpha value is -4.76. The van der Waals surface area contributed by atoms with Gasteiger partial charge < -0.3 is 24.9 Å². The number of amides is 2. The lowest BCUT2D eigenvalue weighted by Crippen LogP contribution is -2.46. The number of aromatic hydroxyl groups is 1. The largest absolute Gasteiger partial charge is 0.507 e. The second-order valence-corrected chi connectivity index (χ2v) is 9.25. The van der Waals surface area contributed by atoms with E-state index in [1.165, 1.54) is 25.5 Å². The predicted octanol–water partition coefficient (Wildman–Crippen LogP) is 5.69. The number of ether oxygens (including phenoxy) is 1. The summed E-state index contributed by atoms with van der Waals surface area (Å²) < 4.78 is 24.2. The number of furan rings is 1. The van der Waals surface area contributed by atoms with Crippen LogP contribution in [0.5, 0.6) is 5.75 Å². The number of nitrogens with one attached hydrogen (secondary N) is 2. The van der Waals surface area contributed by atoms with Crippen molar-refractivity contribution >= 4 is 35.7 Å². The van der Waals surface area contributed by atoms with Crippen molar-refractivity contribution in [2.75, 3.05) is 37.4 Å². The Bertz CT molecular complexity index is 1620. The zero-order valence-electron chi connectivity index (χ0n) is 23.8. The molecule has 0 spiro atoms. The summed E-state index contributed by atoms with van der Waals surface area (Å²) in [5, 5.41) is 26.2. The molecule has 0 fully saturated rings. The van der Waals surface area contributed by atoms with Crippen LogP contribution < -0.4 is 10.6 Å². The van der Waals surface area contributed by atoms with Crippen molar-refractivity contribution in [2.24, 2.45) is 0 Å². The predicted molar refractivity (Wildman–Crippen MR) is 163 cm³/mol. The van der Waals surface area contributed by atoms with Crippen LogP contribution in [0.3, 0.4) is 0 Å². The van der Waals surface area contributed by atoms with Gasteiger partial charge in [-0.2, -0.15) is 5.26 Å². The number of carbonyl (C=O) groups excluding carboxylic acids is 2. The highest BCUT2D eigenvalue weighted by Gasteiger charge is 2.25. The number of carbonyl (C=O) groups is 2. The first-order valence-electron chi connectivity index (χ1n) is 13.2. The van der Waals surface area contributed by atoms with Crippen molar-refractivity contribution in [1.82, 2.24) is 9.88 Å².